The highest BCUT2D eigenvalue weighted by molar-refractivity contribution is 6.30. The number of hydrogen-bond donors (Lipinski definition) is 1. The zero-order valence-corrected chi connectivity index (χ0v) is 14.8. The van der Waals surface area contributed by atoms with Crippen LogP contribution in [-0.2, 0) is 4.74 Å². The van der Waals surface area contributed by atoms with Crippen LogP contribution in [0.3, 0.4) is 0 Å². The molecular weight excluding hydrogens is 314 g/mol. The maximum atomic E-state index is 5.97. The van der Waals surface area contributed by atoms with Crippen molar-refractivity contribution in [3.63, 3.8) is 0 Å². The van der Waals surface area contributed by atoms with E-state index in [1.807, 2.05) is 31.2 Å². The lowest BCUT2D eigenvalue weighted by Gasteiger charge is -2.25. The van der Waals surface area contributed by atoms with Gasteiger partial charge in [-0.25, -0.2) is 0 Å². The molecular formula is C17H26ClN3O2. The summed E-state index contributed by atoms with van der Waals surface area (Å²) in [6.07, 6.45) is 1.13. The summed E-state index contributed by atoms with van der Waals surface area (Å²) in [6.45, 7) is 5.35. The lowest BCUT2D eigenvalue weighted by Crippen LogP contribution is -2.44. The molecule has 1 fully saturated rings. The van der Waals surface area contributed by atoms with Gasteiger partial charge in [0.2, 0.25) is 0 Å². The summed E-state index contributed by atoms with van der Waals surface area (Å²) >= 11 is 5.97. The standard InChI is InChI=1S/C17H26ClN3O2/c1-13(23-16-6-4-5-15(18)9-16)10-20-17(19-2)21(3)11-14-7-8-22-12-14/h4-6,9,13-14H,7-8,10-12H2,1-3H3,(H,19,20). The van der Waals surface area contributed by atoms with Gasteiger partial charge in [0, 0.05) is 38.2 Å². The maximum Gasteiger partial charge on any atom is 0.193 e. The van der Waals surface area contributed by atoms with Crippen molar-refractivity contribution in [1.82, 2.24) is 10.2 Å². The molecule has 0 amide bonds. The molecule has 5 nitrogen and oxygen atoms in total. The van der Waals surface area contributed by atoms with Crippen LogP contribution in [0.15, 0.2) is 29.3 Å². The summed E-state index contributed by atoms with van der Waals surface area (Å²) in [5.41, 5.74) is 0. The summed E-state index contributed by atoms with van der Waals surface area (Å²) in [7, 11) is 3.85. The Kier molecular flexibility index (Phi) is 6.99. The fraction of sp³-hybridized carbons (Fsp3) is 0.588. The first-order valence-corrected chi connectivity index (χ1v) is 8.38. The van der Waals surface area contributed by atoms with E-state index in [1.165, 1.54) is 0 Å². The number of rotatable bonds is 6. The molecule has 1 aromatic carbocycles. The largest absolute Gasteiger partial charge is 0.489 e. The molecule has 1 aliphatic rings. The number of benzene rings is 1. The average molecular weight is 340 g/mol. The van der Waals surface area contributed by atoms with E-state index >= 15 is 0 Å². The molecule has 2 rings (SSSR count). The summed E-state index contributed by atoms with van der Waals surface area (Å²) in [5.74, 6) is 2.23. The molecule has 0 bridgehead atoms. The first-order valence-electron chi connectivity index (χ1n) is 8.00. The van der Waals surface area contributed by atoms with Crippen LogP contribution in [0.5, 0.6) is 5.75 Å². The number of nitrogens with zero attached hydrogens (tertiary/aromatic N) is 2. The Morgan fingerprint density at radius 1 is 1.57 bits per heavy atom. The lowest BCUT2D eigenvalue weighted by atomic mass is 10.1. The van der Waals surface area contributed by atoms with Gasteiger partial charge >= 0.3 is 0 Å². The predicted molar refractivity (Wildman–Crippen MR) is 94.5 cm³/mol. The summed E-state index contributed by atoms with van der Waals surface area (Å²) in [5, 5.41) is 4.03. The van der Waals surface area contributed by atoms with Gasteiger partial charge in [-0.3, -0.25) is 4.99 Å². The van der Waals surface area contributed by atoms with Crippen LogP contribution in [0.2, 0.25) is 5.02 Å². The van der Waals surface area contributed by atoms with Crippen molar-refractivity contribution in [1.29, 1.82) is 0 Å². The van der Waals surface area contributed by atoms with Crippen LogP contribution in [0.1, 0.15) is 13.3 Å². The zero-order chi connectivity index (χ0) is 16.7. The minimum Gasteiger partial charge on any atom is -0.489 e. The molecule has 2 unspecified atom stereocenters. The van der Waals surface area contributed by atoms with Crippen molar-refractivity contribution >= 4 is 17.6 Å². The second kappa shape index (κ2) is 8.99. The molecule has 0 aliphatic carbocycles. The van der Waals surface area contributed by atoms with E-state index in [1.54, 1.807) is 7.05 Å². The number of hydrogen-bond acceptors (Lipinski definition) is 3. The topological polar surface area (TPSA) is 46.1 Å². The van der Waals surface area contributed by atoms with E-state index in [0.717, 1.165) is 37.9 Å². The Hall–Kier alpha value is -1.46. The summed E-state index contributed by atoms with van der Waals surface area (Å²) < 4.78 is 11.3. The molecule has 0 aromatic heterocycles. The Morgan fingerprint density at radius 3 is 3.04 bits per heavy atom. The molecule has 1 aliphatic heterocycles. The average Bonchev–Trinajstić information content (AvgIpc) is 3.00. The molecule has 128 valence electrons. The quantitative estimate of drug-likeness (QED) is 0.639. The van der Waals surface area contributed by atoms with Crippen molar-refractivity contribution < 1.29 is 9.47 Å². The first kappa shape index (κ1) is 17.9. The van der Waals surface area contributed by atoms with E-state index in [0.29, 0.717) is 17.5 Å². The fourth-order valence-corrected chi connectivity index (χ4v) is 2.82. The minimum atomic E-state index is 0.00781. The third-order valence-electron chi connectivity index (χ3n) is 3.81. The van der Waals surface area contributed by atoms with E-state index < -0.39 is 0 Å². The summed E-state index contributed by atoms with van der Waals surface area (Å²) in [4.78, 5) is 6.48. The van der Waals surface area contributed by atoms with Gasteiger partial charge in [-0.2, -0.15) is 0 Å². The van der Waals surface area contributed by atoms with Crippen LogP contribution >= 0.6 is 11.6 Å². The predicted octanol–water partition coefficient (Wildman–Crippen LogP) is 2.65. The number of aliphatic imine (C=N–C) groups is 1. The fourth-order valence-electron chi connectivity index (χ4n) is 2.64. The number of ether oxygens (including phenoxy) is 2. The van der Waals surface area contributed by atoms with E-state index in [4.69, 9.17) is 21.1 Å². The maximum absolute atomic E-state index is 5.97. The van der Waals surface area contributed by atoms with Crippen molar-refractivity contribution in [2.45, 2.75) is 19.4 Å². The third-order valence-corrected chi connectivity index (χ3v) is 4.05. The van der Waals surface area contributed by atoms with E-state index in [-0.39, 0.29) is 6.10 Å². The monoisotopic (exact) mass is 339 g/mol. The van der Waals surface area contributed by atoms with Crippen LogP contribution in [0.4, 0.5) is 0 Å². The van der Waals surface area contributed by atoms with Gasteiger partial charge in [0.05, 0.1) is 13.2 Å². The second-order valence-electron chi connectivity index (χ2n) is 5.92. The molecule has 1 heterocycles. The van der Waals surface area contributed by atoms with Gasteiger partial charge < -0.3 is 19.7 Å². The molecule has 1 aromatic rings. The third kappa shape index (κ3) is 5.92. The van der Waals surface area contributed by atoms with Gasteiger partial charge in [0.1, 0.15) is 11.9 Å². The molecule has 0 saturated carbocycles. The zero-order valence-electron chi connectivity index (χ0n) is 14.1. The van der Waals surface area contributed by atoms with Crippen LogP contribution in [0.25, 0.3) is 0 Å². The van der Waals surface area contributed by atoms with Gasteiger partial charge in [-0.05, 0) is 31.5 Å². The van der Waals surface area contributed by atoms with E-state index in [2.05, 4.69) is 22.3 Å². The van der Waals surface area contributed by atoms with Crippen molar-refractivity contribution in [3.05, 3.63) is 29.3 Å². The van der Waals surface area contributed by atoms with Crippen molar-refractivity contribution in [2.24, 2.45) is 10.9 Å². The molecule has 1 saturated heterocycles. The van der Waals surface area contributed by atoms with Crippen molar-refractivity contribution in [3.8, 4) is 5.75 Å². The Morgan fingerprint density at radius 2 is 2.39 bits per heavy atom. The van der Waals surface area contributed by atoms with Crippen molar-refractivity contribution in [2.75, 3.05) is 40.4 Å². The summed E-state index contributed by atoms with van der Waals surface area (Å²) in [6, 6.07) is 7.44. The highest BCUT2D eigenvalue weighted by Gasteiger charge is 2.19. The number of nitrogens with one attached hydrogen (secondary N) is 1. The Bertz CT molecular complexity index is 518. The Balaban J connectivity index is 1.77. The van der Waals surface area contributed by atoms with Gasteiger partial charge in [0.25, 0.3) is 0 Å². The van der Waals surface area contributed by atoms with Gasteiger partial charge in [-0.15, -0.1) is 0 Å². The second-order valence-corrected chi connectivity index (χ2v) is 6.36. The molecule has 6 heteroatoms. The van der Waals surface area contributed by atoms with Gasteiger partial charge in [-0.1, -0.05) is 17.7 Å². The highest BCUT2D eigenvalue weighted by Crippen LogP contribution is 2.18. The number of guanidine groups is 1. The molecule has 0 radical (unpaired) electrons. The van der Waals surface area contributed by atoms with Gasteiger partial charge in [0.15, 0.2) is 5.96 Å². The first-order chi connectivity index (χ1) is 11.1. The smallest absolute Gasteiger partial charge is 0.193 e. The molecule has 0 spiro atoms. The molecule has 1 N–H and O–H groups in total. The SMILES string of the molecule is CN=C(NCC(C)Oc1cccc(Cl)c1)N(C)CC1CCOC1. The minimum absolute atomic E-state index is 0.00781. The molecule has 23 heavy (non-hydrogen) atoms. The highest BCUT2D eigenvalue weighted by atomic mass is 35.5. The van der Waals surface area contributed by atoms with E-state index in [9.17, 15) is 0 Å². The normalized spacial score (nSPS) is 19.5. The molecule has 2 atom stereocenters. The van der Waals surface area contributed by atoms with Crippen LogP contribution in [-0.4, -0.2) is 57.4 Å². The number of halogens is 1. The van der Waals surface area contributed by atoms with Crippen LogP contribution < -0.4 is 10.1 Å². The Labute approximate surface area is 143 Å². The van der Waals surface area contributed by atoms with Crippen LogP contribution in [0, 0.1) is 5.92 Å². The lowest BCUT2D eigenvalue weighted by molar-refractivity contribution is 0.180.